The molecule has 0 aromatic heterocycles. The van der Waals surface area contributed by atoms with Crippen LogP contribution in [0.1, 0.15) is 51.7 Å². The Hall–Kier alpha value is -2.40. The molecule has 154 valence electrons. The SMILES string of the molecule is CC(C)(C)C1CCC23OC(=N)C(C#N)(C2C1)C(C#N)(C#N)C(c1cccc(Br)c1)O3. The highest BCUT2D eigenvalue weighted by Gasteiger charge is 2.81. The molecule has 2 aliphatic heterocycles. The molecule has 3 fully saturated rings. The maximum Gasteiger partial charge on any atom is 0.217 e. The Kier molecular flexibility index (Phi) is 4.55. The number of halogens is 1. The van der Waals surface area contributed by atoms with Gasteiger partial charge in [0.05, 0.1) is 24.1 Å². The van der Waals surface area contributed by atoms with Gasteiger partial charge in [-0.15, -0.1) is 0 Å². The molecule has 3 aliphatic rings. The standard InChI is InChI=1S/C23H23BrN4O2/c1-20(2,3)15-7-8-23-17(10-15)22(13-27,19(28)30-23)21(11-25,12-26)18(29-23)14-5-4-6-16(24)9-14/h4-6,9,15,17-18,28H,7-8,10H2,1-3H3. The molecule has 2 heterocycles. The van der Waals surface area contributed by atoms with E-state index in [1.54, 1.807) is 18.2 Å². The van der Waals surface area contributed by atoms with Crippen LogP contribution in [0.25, 0.3) is 0 Å². The lowest BCUT2D eigenvalue weighted by Crippen LogP contribution is -2.61. The van der Waals surface area contributed by atoms with E-state index >= 15 is 0 Å². The summed E-state index contributed by atoms with van der Waals surface area (Å²) in [5.41, 5.74) is -2.99. The largest absolute Gasteiger partial charge is 0.447 e. The van der Waals surface area contributed by atoms with E-state index in [1.165, 1.54) is 0 Å². The number of ether oxygens (including phenoxy) is 2. The van der Waals surface area contributed by atoms with Crippen LogP contribution in [0, 0.1) is 67.5 Å². The number of hydrogen-bond acceptors (Lipinski definition) is 6. The van der Waals surface area contributed by atoms with Crippen LogP contribution in [0.3, 0.4) is 0 Å². The minimum Gasteiger partial charge on any atom is -0.447 e. The molecule has 2 bridgehead atoms. The van der Waals surface area contributed by atoms with Gasteiger partial charge in [-0.2, -0.15) is 15.8 Å². The summed E-state index contributed by atoms with van der Waals surface area (Å²) in [6, 6.07) is 13.7. The van der Waals surface area contributed by atoms with Gasteiger partial charge in [-0.1, -0.05) is 48.8 Å². The van der Waals surface area contributed by atoms with Crippen molar-refractivity contribution in [2.24, 2.45) is 28.1 Å². The lowest BCUT2D eigenvalue weighted by Gasteiger charge is -2.54. The van der Waals surface area contributed by atoms with Crippen molar-refractivity contribution < 1.29 is 9.47 Å². The summed E-state index contributed by atoms with van der Waals surface area (Å²) in [6.07, 6.45) is 0.903. The first-order chi connectivity index (χ1) is 14.1. The zero-order valence-electron chi connectivity index (χ0n) is 17.2. The summed E-state index contributed by atoms with van der Waals surface area (Å²) in [7, 11) is 0. The fraction of sp³-hybridized carbons (Fsp3) is 0.565. The van der Waals surface area contributed by atoms with Gasteiger partial charge >= 0.3 is 0 Å². The van der Waals surface area contributed by atoms with E-state index in [1.807, 2.05) is 6.07 Å². The van der Waals surface area contributed by atoms with Gasteiger partial charge in [0.1, 0.15) is 6.10 Å². The Morgan fingerprint density at radius 1 is 1.17 bits per heavy atom. The summed E-state index contributed by atoms with van der Waals surface area (Å²) >= 11 is 3.44. The second-order valence-corrected chi connectivity index (χ2v) is 10.6. The summed E-state index contributed by atoms with van der Waals surface area (Å²) in [5.74, 6) is -1.77. The molecule has 2 saturated heterocycles. The number of nitrogens with zero attached hydrogens (tertiary/aromatic N) is 3. The van der Waals surface area contributed by atoms with Gasteiger partial charge in [0, 0.05) is 10.9 Å². The van der Waals surface area contributed by atoms with Crippen LogP contribution in [0.5, 0.6) is 0 Å². The second kappa shape index (κ2) is 6.55. The molecule has 1 aliphatic carbocycles. The van der Waals surface area contributed by atoms with Crippen molar-refractivity contribution in [2.45, 2.75) is 51.9 Å². The molecular formula is C23H23BrN4O2. The van der Waals surface area contributed by atoms with Crippen LogP contribution in [0.15, 0.2) is 28.7 Å². The molecule has 6 nitrogen and oxygen atoms in total. The lowest BCUT2D eigenvalue weighted by molar-refractivity contribution is -0.301. The van der Waals surface area contributed by atoms with Crippen LogP contribution in [0.2, 0.25) is 0 Å². The third kappa shape index (κ3) is 2.45. The first-order valence-electron chi connectivity index (χ1n) is 10.1. The van der Waals surface area contributed by atoms with E-state index in [4.69, 9.17) is 14.9 Å². The first-order valence-corrected chi connectivity index (χ1v) is 10.8. The van der Waals surface area contributed by atoms with Crippen molar-refractivity contribution in [3.63, 3.8) is 0 Å². The minimum atomic E-state index is -1.90. The molecule has 0 spiro atoms. The van der Waals surface area contributed by atoms with Gasteiger partial charge in [0.25, 0.3) is 0 Å². The van der Waals surface area contributed by atoms with Crippen molar-refractivity contribution >= 4 is 21.8 Å². The molecule has 5 atom stereocenters. The number of nitriles is 3. The third-order valence-corrected chi connectivity index (χ3v) is 7.78. The average molecular weight is 467 g/mol. The predicted octanol–water partition coefficient (Wildman–Crippen LogP) is 5.23. The highest BCUT2D eigenvalue weighted by Crippen LogP contribution is 2.70. The van der Waals surface area contributed by atoms with Gasteiger partial charge in [-0.25, -0.2) is 0 Å². The smallest absolute Gasteiger partial charge is 0.217 e. The van der Waals surface area contributed by atoms with E-state index in [0.29, 0.717) is 18.4 Å². The van der Waals surface area contributed by atoms with Gasteiger partial charge in [0.2, 0.25) is 17.1 Å². The molecule has 1 aromatic rings. The molecule has 30 heavy (non-hydrogen) atoms. The summed E-state index contributed by atoms with van der Waals surface area (Å²) < 4.78 is 13.3. The van der Waals surface area contributed by atoms with E-state index in [2.05, 4.69) is 54.9 Å². The molecular weight excluding hydrogens is 444 g/mol. The first kappa shape index (κ1) is 20.9. The topological polar surface area (TPSA) is 114 Å². The zero-order valence-corrected chi connectivity index (χ0v) is 18.8. The molecule has 4 rings (SSSR count). The zero-order chi connectivity index (χ0) is 21.9. The van der Waals surface area contributed by atoms with Crippen LogP contribution in [0.4, 0.5) is 0 Å². The highest BCUT2D eigenvalue weighted by molar-refractivity contribution is 9.10. The number of nitrogens with one attached hydrogen (secondary N) is 1. The molecule has 7 heteroatoms. The van der Waals surface area contributed by atoms with E-state index in [0.717, 1.165) is 10.9 Å². The Balaban J connectivity index is 1.95. The summed E-state index contributed by atoms with van der Waals surface area (Å²) in [5, 5.41) is 39.7. The van der Waals surface area contributed by atoms with Crippen molar-refractivity contribution in [3.8, 4) is 18.2 Å². The monoisotopic (exact) mass is 466 g/mol. The molecule has 5 unspecified atom stereocenters. The second-order valence-electron chi connectivity index (χ2n) is 9.64. The van der Waals surface area contributed by atoms with Gasteiger partial charge in [0.15, 0.2) is 5.41 Å². The average Bonchev–Trinajstić information content (AvgIpc) is 2.91. The maximum atomic E-state index is 10.4. The number of hydrogen-bond donors (Lipinski definition) is 1. The highest BCUT2D eigenvalue weighted by atomic mass is 79.9. The summed E-state index contributed by atoms with van der Waals surface area (Å²) in [4.78, 5) is 0. The van der Waals surface area contributed by atoms with Crippen LogP contribution < -0.4 is 0 Å². The summed E-state index contributed by atoms with van der Waals surface area (Å²) in [6.45, 7) is 6.45. The van der Waals surface area contributed by atoms with Crippen molar-refractivity contribution in [2.75, 3.05) is 0 Å². The van der Waals surface area contributed by atoms with Crippen molar-refractivity contribution in [1.82, 2.24) is 0 Å². The molecule has 1 saturated carbocycles. The Bertz CT molecular complexity index is 1030. The third-order valence-electron chi connectivity index (χ3n) is 7.29. The lowest BCUT2D eigenvalue weighted by atomic mass is 9.49. The van der Waals surface area contributed by atoms with Gasteiger partial charge < -0.3 is 9.47 Å². The molecule has 0 amide bonds. The predicted molar refractivity (Wildman–Crippen MR) is 112 cm³/mol. The molecule has 1 aromatic carbocycles. The minimum absolute atomic E-state index is 0.0109. The number of rotatable bonds is 1. The fourth-order valence-corrected chi connectivity index (χ4v) is 6.01. The van der Waals surface area contributed by atoms with Crippen molar-refractivity contribution in [1.29, 1.82) is 21.2 Å². The van der Waals surface area contributed by atoms with Crippen LogP contribution in [-0.2, 0) is 9.47 Å². The Labute approximate surface area is 185 Å². The van der Waals surface area contributed by atoms with E-state index < -0.39 is 28.6 Å². The molecule has 0 radical (unpaired) electrons. The molecule has 1 N–H and O–H groups in total. The van der Waals surface area contributed by atoms with E-state index in [-0.39, 0.29) is 17.2 Å². The maximum absolute atomic E-state index is 10.4. The van der Waals surface area contributed by atoms with Gasteiger partial charge in [-0.05, 0) is 41.9 Å². The van der Waals surface area contributed by atoms with E-state index in [9.17, 15) is 15.8 Å². The van der Waals surface area contributed by atoms with Crippen molar-refractivity contribution in [3.05, 3.63) is 34.3 Å². The quantitative estimate of drug-likeness (QED) is 0.608. The number of benzene rings is 1. The van der Waals surface area contributed by atoms with Crippen LogP contribution in [-0.4, -0.2) is 11.7 Å². The fourth-order valence-electron chi connectivity index (χ4n) is 5.60. The Morgan fingerprint density at radius 3 is 2.43 bits per heavy atom. The van der Waals surface area contributed by atoms with Gasteiger partial charge in [-0.3, -0.25) is 5.41 Å². The Morgan fingerprint density at radius 2 is 1.87 bits per heavy atom. The van der Waals surface area contributed by atoms with Crippen LogP contribution >= 0.6 is 15.9 Å². The normalized spacial score (nSPS) is 36.6.